The monoisotopic (exact) mass is 251 g/mol. The number of hydrogen-bond donors (Lipinski definition) is 0. The fraction of sp³-hybridized carbons (Fsp3) is 0.357. The van der Waals surface area contributed by atoms with Crippen LogP contribution < -0.4 is 4.90 Å². The Hall–Kier alpha value is -1.84. The third-order valence-corrected chi connectivity index (χ3v) is 2.70. The first-order chi connectivity index (χ1) is 8.60. The number of halogens is 1. The van der Waals surface area contributed by atoms with Gasteiger partial charge >= 0.3 is 5.97 Å². The van der Waals surface area contributed by atoms with Gasteiger partial charge in [-0.2, -0.15) is 0 Å². The number of hydrogen-bond acceptors (Lipinski definition) is 3. The van der Waals surface area contributed by atoms with Gasteiger partial charge in [0.05, 0.1) is 12.8 Å². The average Bonchev–Trinajstić information content (AvgIpc) is 2.40. The van der Waals surface area contributed by atoms with Crippen LogP contribution in [-0.4, -0.2) is 26.2 Å². The van der Waals surface area contributed by atoms with E-state index in [9.17, 15) is 9.18 Å². The van der Waals surface area contributed by atoms with Crippen molar-refractivity contribution in [1.29, 1.82) is 0 Å². The predicted octanol–water partition coefficient (Wildman–Crippen LogP) is 2.77. The average molecular weight is 251 g/mol. The summed E-state index contributed by atoms with van der Waals surface area (Å²) in [5.74, 6) is -0.622. The molecule has 0 aromatic heterocycles. The van der Waals surface area contributed by atoms with Crippen molar-refractivity contribution < 1.29 is 13.9 Å². The lowest BCUT2D eigenvalue weighted by Gasteiger charge is -2.22. The van der Waals surface area contributed by atoms with Crippen molar-refractivity contribution in [3.05, 3.63) is 41.7 Å². The van der Waals surface area contributed by atoms with E-state index >= 15 is 0 Å². The summed E-state index contributed by atoms with van der Waals surface area (Å²) in [6, 6.07) is 6.59. The number of esters is 1. The summed E-state index contributed by atoms with van der Waals surface area (Å²) in [6.07, 6.45) is 1.74. The van der Waals surface area contributed by atoms with Crippen molar-refractivity contribution in [1.82, 2.24) is 0 Å². The third kappa shape index (κ3) is 3.58. The van der Waals surface area contributed by atoms with Crippen molar-refractivity contribution in [2.45, 2.75) is 13.8 Å². The second-order valence-corrected chi connectivity index (χ2v) is 3.87. The zero-order chi connectivity index (χ0) is 13.5. The predicted molar refractivity (Wildman–Crippen MR) is 70.1 cm³/mol. The lowest BCUT2D eigenvalue weighted by atomic mass is 10.2. The molecular weight excluding hydrogens is 233 g/mol. The van der Waals surface area contributed by atoms with Gasteiger partial charge in [0.25, 0.3) is 0 Å². The van der Waals surface area contributed by atoms with Crippen LogP contribution in [0.3, 0.4) is 0 Å². The van der Waals surface area contributed by atoms with Crippen molar-refractivity contribution in [2.75, 3.05) is 25.1 Å². The minimum absolute atomic E-state index is 0.261. The second-order valence-electron chi connectivity index (χ2n) is 3.87. The van der Waals surface area contributed by atoms with E-state index in [1.165, 1.54) is 13.2 Å². The van der Waals surface area contributed by atoms with Gasteiger partial charge in [-0.15, -0.1) is 0 Å². The highest BCUT2D eigenvalue weighted by atomic mass is 19.1. The number of benzene rings is 1. The topological polar surface area (TPSA) is 29.5 Å². The summed E-state index contributed by atoms with van der Waals surface area (Å²) in [6.45, 7) is 4.75. The van der Waals surface area contributed by atoms with E-state index < -0.39 is 0 Å². The van der Waals surface area contributed by atoms with Crippen LogP contribution in [0.5, 0.6) is 0 Å². The van der Waals surface area contributed by atoms with Gasteiger partial charge < -0.3 is 9.64 Å². The van der Waals surface area contributed by atoms with Crippen LogP contribution in [0.15, 0.2) is 35.9 Å². The number of para-hydroxylation sites is 1. The minimum atomic E-state index is -0.361. The van der Waals surface area contributed by atoms with Gasteiger partial charge in [0.15, 0.2) is 0 Å². The van der Waals surface area contributed by atoms with E-state index in [-0.39, 0.29) is 11.8 Å². The maximum atomic E-state index is 13.6. The molecule has 0 unspecified atom stereocenters. The highest BCUT2D eigenvalue weighted by Gasteiger charge is 2.09. The summed E-state index contributed by atoms with van der Waals surface area (Å²) in [7, 11) is 1.34. The summed E-state index contributed by atoms with van der Waals surface area (Å²) in [4.78, 5) is 13.1. The van der Waals surface area contributed by atoms with Crippen LogP contribution in [-0.2, 0) is 9.53 Å². The first kappa shape index (κ1) is 14.2. The Bertz CT molecular complexity index is 443. The fourth-order valence-electron chi connectivity index (χ4n) is 1.60. The smallest absolute Gasteiger partial charge is 0.333 e. The molecular formula is C14H18FNO2. The van der Waals surface area contributed by atoms with Crippen molar-refractivity contribution >= 4 is 11.7 Å². The molecule has 0 saturated heterocycles. The summed E-state index contributed by atoms with van der Waals surface area (Å²) in [5.41, 5.74) is 1.06. The molecule has 0 heterocycles. The molecule has 0 N–H and O–H groups in total. The van der Waals surface area contributed by atoms with E-state index in [0.717, 1.165) is 0 Å². The molecule has 98 valence electrons. The van der Waals surface area contributed by atoms with Crippen LogP contribution >= 0.6 is 0 Å². The minimum Gasteiger partial charge on any atom is -0.466 e. The normalized spacial score (nSPS) is 11.2. The molecule has 0 aliphatic carbocycles. The second kappa shape index (κ2) is 6.79. The SMILES string of the molecule is CCN(CC=C(C)C(=O)OC)c1ccccc1F. The Kier molecular flexibility index (Phi) is 5.36. The van der Waals surface area contributed by atoms with Crippen molar-refractivity contribution in [2.24, 2.45) is 0 Å². The van der Waals surface area contributed by atoms with E-state index in [0.29, 0.717) is 24.4 Å². The first-order valence-corrected chi connectivity index (χ1v) is 5.84. The van der Waals surface area contributed by atoms with Crippen LogP contribution in [0.2, 0.25) is 0 Å². The van der Waals surface area contributed by atoms with E-state index in [2.05, 4.69) is 4.74 Å². The Morgan fingerprint density at radius 1 is 1.44 bits per heavy atom. The highest BCUT2D eigenvalue weighted by Crippen LogP contribution is 2.18. The van der Waals surface area contributed by atoms with Gasteiger partial charge in [-0.3, -0.25) is 0 Å². The largest absolute Gasteiger partial charge is 0.466 e. The molecule has 0 saturated carbocycles. The van der Waals surface area contributed by atoms with Crippen LogP contribution in [0, 0.1) is 5.82 Å². The standard InChI is InChI=1S/C14H18FNO2/c1-4-16(10-9-11(2)14(17)18-3)13-8-6-5-7-12(13)15/h5-9H,4,10H2,1-3H3. The molecule has 0 atom stereocenters. The van der Waals surface area contributed by atoms with Crippen molar-refractivity contribution in [3.63, 3.8) is 0 Å². The Morgan fingerprint density at radius 2 is 2.11 bits per heavy atom. The molecule has 3 nitrogen and oxygen atoms in total. The van der Waals surface area contributed by atoms with Gasteiger partial charge in [0, 0.05) is 18.7 Å². The fourth-order valence-corrected chi connectivity index (χ4v) is 1.60. The number of anilines is 1. The van der Waals surface area contributed by atoms with Crippen molar-refractivity contribution in [3.8, 4) is 0 Å². The Balaban J connectivity index is 2.81. The molecule has 0 aliphatic rings. The number of ether oxygens (including phenoxy) is 1. The molecule has 1 aromatic carbocycles. The Morgan fingerprint density at radius 3 is 2.67 bits per heavy atom. The maximum absolute atomic E-state index is 13.6. The van der Waals surface area contributed by atoms with Gasteiger partial charge in [0.1, 0.15) is 5.82 Å². The molecule has 1 rings (SSSR count). The van der Waals surface area contributed by atoms with Crippen LogP contribution in [0.25, 0.3) is 0 Å². The molecule has 1 aromatic rings. The molecule has 4 heteroatoms. The van der Waals surface area contributed by atoms with E-state index in [1.807, 2.05) is 11.8 Å². The van der Waals surface area contributed by atoms with Gasteiger partial charge in [0.2, 0.25) is 0 Å². The molecule has 0 radical (unpaired) electrons. The van der Waals surface area contributed by atoms with E-state index in [1.54, 1.807) is 31.2 Å². The summed E-state index contributed by atoms with van der Waals surface area (Å²) in [5, 5.41) is 0. The maximum Gasteiger partial charge on any atom is 0.333 e. The number of carbonyl (C=O) groups excluding carboxylic acids is 1. The van der Waals surface area contributed by atoms with Gasteiger partial charge in [-0.1, -0.05) is 18.2 Å². The highest BCUT2D eigenvalue weighted by molar-refractivity contribution is 5.87. The molecule has 0 fully saturated rings. The molecule has 18 heavy (non-hydrogen) atoms. The quantitative estimate of drug-likeness (QED) is 0.595. The third-order valence-electron chi connectivity index (χ3n) is 2.70. The number of rotatable bonds is 5. The van der Waals surface area contributed by atoms with E-state index in [4.69, 9.17) is 0 Å². The zero-order valence-electron chi connectivity index (χ0n) is 10.9. The number of carbonyl (C=O) groups is 1. The number of methoxy groups -OCH3 is 1. The molecule has 0 amide bonds. The number of nitrogens with zero attached hydrogens (tertiary/aromatic N) is 1. The lowest BCUT2D eigenvalue weighted by Crippen LogP contribution is -2.24. The summed E-state index contributed by atoms with van der Waals surface area (Å²) < 4.78 is 18.2. The van der Waals surface area contributed by atoms with Crippen LogP contribution in [0.4, 0.5) is 10.1 Å². The summed E-state index contributed by atoms with van der Waals surface area (Å²) >= 11 is 0. The van der Waals surface area contributed by atoms with Gasteiger partial charge in [-0.05, 0) is 26.0 Å². The molecule has 0 bridgehead atoms. The zero-order valence-corrected chi connectivity index (χ0v) is 10.9. The van der Waals surface area contributed by atoms with Crippen LogP contribution in [0.1, 0.15) is 13.8 Å². The Labute approximate surface area is 107 Å². The lowest BCUT2D eigenvalue weighted by molar-refractivity contribution is -0.136. The molecule has 0 aliphatic heterocycles. The van der Waals surface area contributed by atoms with Gasteiger partial charge in [-0.25, -0.2) is 9.18 Å². The molecule has 0 spiro atoms. The number of likely N-dealkylation sites (N-methyl/N-ethyl adjacent to an activating group) is 1. The first-order valence-electron chi connectivity index (χ1n) is 5.84.